The predicted molar refractivity (Wildman–Crippen MR) is 82.0 cm³/mol. The number of aryl methyl sites for hydroxylation is 1. The lowest BCUT2D eigenvalue weighted by atomic mass is 10.2. The van der Waals surface area contributed by atoms with Gasteiger partial charge in [-0.3, -0.25) is 4.79 Å². The molecule has 4 nitrogen and oxygen atoms in total. The van der Waals surface area contributed by atoms with Crippen LogP contribution in [0.25, 0.3) is 10.9 Å². The molecule has 0 fully saturated rings. The van der Waals surface area contributed by atoms with E-state index >= 15 is 0 Å². The standard InChI is InChI=1S/C15H15N3OS/c1-10-6-7-11(20-10)8-16-9-14-17-13-5-3-2-4-12(13)15(19)18-14/h2-7,16H,8-9H2,1H3,(H,17,18,19). The van der Waals surface area contributed by atoms with Gasteiger partial charge in [-0.05, 0) is 31.2 Å². The SMILES string of the molecule is Cc1ccc(CNCc2nc3ccccc3c(=O)[nH]2)s1. The van der Waals surface area contributed by atoms with Crippen molar-refractivity contribution >= 4 is 22.2 Å². The molecular formula is C15H15N3OS. The molecule has 0 amide bonds. The number of benzene rings is 1. The fourth-order valence-corrected chi connectivity index (χ4v) is 2.96. The molecule has 0 atom stereocenters. The summed E-state index contributed by atoms with van der Waals surface area (Å²) in [6.07, 6.45) is 0. The van der Waals surface area contributed by atoms with Gasteiger partial charge in [-0.25, -0.2) is 4.98 Å². The van der Waals surface area contributed by atoms with Crippen LogP contribution in [0.15, 0.2) is 41.2 Å². The minimum atomic E-state index is -0.0839. The Kier molecular flexibility index (Phi) is 3.62. The molecular weight excluding hydrogens is 270 g/mol. The van der Waals surface area contributed by atoms with Gasteiger partial charge in [0.25, 0.3) is 5.56 Å². The largest absolute Gasteiger partial charge is 0.309 e. The van der Waals surface area contributed by atoms with Crippen molar-refractivity contribution in [1.82, 2.24) is 15.3 Å². The Morgan fingerprint density at radius 3 is 2.85 bits per heavy atom. The Hall–Kier alpha value is -1.98. The van der Waals surface area contributed by atoms with Gasteiger partial charge < -0.3 is 10.3 Å². The summed E-state index contributed by atoms with van der Waals surface area (Å²) >= 11 is 1.77. The zero-order chi connectivity index (χ0) is 13.9. The molecule has 3 rings (SSSR count). The van der Waals surface area contributed by atoms with E-state index in [-0.39, 0.29) is 5.56 Å². The van der Waals surface area contributed by atoms with Gasteiger partial charge in [0.1, 0.15) is 5.82 Å². The smallest absolute Gasteiger partial charge is 0.258 e. The normalized spacial score (nSPS) is 11.1. The number of para-hydroxylation sites is 1. The van der Waals surface area contributed by atoms with Gasteiger partial charge in [0.05, 0.1) is 17.4 Å². The van der Waals surface area contributed by atoms with Gasteiger partial charge >= 0.3 is 0 Å². The minimum absolute atomic E-state index is 0.0839. The van der Waals surface area contributed by atoms with Crippen molar-refractivity contribution in [3.63, 3.8) is 0 Å². The number of aromatic nitrogens is 2. The van der Waals surface area contributed by atoms with Crippen LogP contribution < -0.4 is 10.9 Å². The Morgan fingerprint density at radius 2 is 2.05 bits per heavy atom. The number of nitrogens with one attached hydrogen (secondary N) is 2. The number of thiophene rings is 1. The fourth-order valence-electron chi connectivity index (χ4n) is 2.10. The minimum Gasteiger partial charge on any atom is -0.309 e. The van der Waals surface area contributed by atoms with E-state index in [0.717, 1.165) is 12.1 Å². The monoisotopic (exact) mass is 285 g/mol. The lowest BCUT2D eigenvalue weighted by molar-refractivity contribution is 0.669. The van der Waals surface area contributed by atoms with E-state index in [1.165, 1.54) is 9.75 Å². The van der Waals surface area contributed by atoms with Gasteiger partial charge in [-0.2, -0.15) is 0 Å². The van der Waals surface area contributed by atoms with Crippen molar-refractivity contribution in [3.05, 3.63) is 62.3 Å². The number of nitrogens with zero attached hydrogens (tertiary/aromatic N) is 1. The third-order valence-electron chi connectivity index (χ3n) is 3.05. The van der Waals surface area contributed by atoms with E-state index in [4.69, 9.17) is 0 Å². The third-order valence-corrected chi connectivity index (χ3v) is 4.05. The van der Waals surface area contributed by atoms with E-state index in [1.54, 1.807) is 17.4 Å². The molecule has 2 aromatic heterocycles. The number of H-pyrrole nitrogens is 1. The second kappa shape index (κ2) is 5.56. The fraction of sp³-hybridized carbons (Fsp3) is 0.200. The first kappa shape index (κ1) is 13.0. The lowest BCUT2D eigenvalue weighted by Crippen LogP contribution is -2.18. The number of fused-ring (bicyclic) bond motifs is 1. The third kappa shape index (κ3) is 2.79. The molecule has 0 saturated carbocycles. The zero-order valence-electron chi connectivity index (χ0n) is 11.1. The summed E-state index contributed by atoms with van der Waals surface area (Å²) in [4.78, 5) is 21.8. The van der Waals surface area contributed by atoms with Crippen LogP contribution in [0.4, 0.5) is 0 Å². The summed E-state index contributed by atoms with van der Waals surface area (Å²) < 4.78 is 0. The van der Waals surface area contributed by atoms with Crippen LogP contribution in [0.3, 0.4) is 0 Å². The molecule has 3 aromatic rings. The summed E-state index contributed by atoms with van der Waals surface area (Å²) in [6.45, 7) is 3.43. The van der Waals surface area contributed by atoms with Crippen LogP contribution >= 0.6 is 11.3 Å². The molecule has 5 heteroatoms. The molecule has 2 heterocycles. The average Bonchev–Trinajstić information content (AvgIpc) is 2.85. The predicted octanol–water partition coefficient (Wildman–Crippen LogP) is 2.58. The topological polar surface area (TPSA) is 57.8 Å². The molecule has 2 N–H and O–H groups in total. The summed E-state index contributed by atoms with van der Waals surface area (Å²) in [7, 11) is 0. The number of hydrogen-bond acceptors (Lipinski definition) is 4. The Labute approximate surface area is 120 Å². The summed E-state index contributed by atoms with van der Waals surface area (Å²) in [5.41, 5.74) is 0.652. The van der Waals surface area contributed by atoms with Gasteiger partial charge in [0, 0.05) is 16.3 Å². The first-order valence-corrected chi connectivity index (χ1v) is 7.28. The van der Waals surface area contributed by atoms with E-state index in [1.807, 2.05) is 18.2 Å². The lowest BCUT2D eigenvalue weighted by Gasteiger charge is -2.04. The van der Waals surface area contributed by atoms with Gasteiger partial charge in [0.2, 0.25) is 0 Å². The van der Waals surface area contributed by atoms with Crippen molar-refractivity contribution in [2.45, 2.75) is 20.0 Å². The molecule has 20 heavy (non-hydrogen) atoms. The highest BCUT2D eigenvalue weighted by molar-refractivity contribution is 7.11. The van der Waals surface area contributed by atoms with Crippen molar-refractivity contribution in [2.75, 3.05) is 0 Å². The van der Waals surface area contributed by atoms with E-state index in [2.05, 4.69) is 34.3 Å². The molecule has 0 aliphatic carbocycles. The molecule has 0 saturated heterocycles. The average molecular weight is 285 g/mol. The van der Waals surface area contributed by atoms with Crippen molar-refractivity contribution < 1.29 is 0 Å². The Morgan fingerprint density at radius 1 is 1.20 bits per heavy atom. The van der Waals surface area contributed by atoms with Crippen molar-refractivity contribution in [3.8, 4) is 0 Å². The maximum atomic E-state index is 11.9. The maximum absolute atomic E-state index is 11.9. The van der Waals surface area contributed by atoms with Crippen molar-refractivity contribution in [1.29, 1.82) is 0 Å². The molecule has 0 aliphatic rings. The molecule has 0 bridgehead atoms. The molecule has 0 radical (unpaired) electrons. The molecule has 0 spiro atoms. The molecule has 0 aliphatic heterocycles. The van der Waals surface area contributed by atoms with Gasteiger partial charge in [-0.15, -0.1) is 11.3 Å². The number of aromatic amines is 1. The Balaban J connectivity index is 1.73. The van der Waals surface area contributed by atoms with Crippen LogP contribution in [0.5, 0.6) is 0 Å². The van der Waals surface area contributed by atoms with Crippen LogP contribution in [-0.4, -0.2) is 9.97 Å². The van der Waals surface area contributed by atoms with Crippen LogP contribution in [-0.2, 0) is 13.1 Å². The molecule has 0 unspecified atom stereocenters. The zero-order valence-corrected chi connectivity index (χ0v) is 12.0. The highest BCUT2D eigenvalue weighted by Gasteiger charge is 2.03. The van der Waals surface area contributed by atoms with Crippen LogP contribution in [0.1, 0.15) is 15.6 Å². The first-order chi connectivity index (χ1) is 9.72. The second-order valence-electron chi connectivity index (χ2n) is 4.65. The van der Waals surface area contributed by atoms with Gasteiger partial charge in [-0.1, -0.05) is 12.1 Å². The van der Waals surface area contributed by atoms with Crippen molar-refractivity contribution in [2.24, 2.45) is 0 Å². The summed E-state index contributed by atoms with van der Waals surface area (Å²) in [6, 6.07) is 11.6. The van der Waals surface area contributed by atoms with E-state index in [0.29, 0.717) is 17.8 Å². The second-order valence-corrected chi connectivity index (χ2v) is 6.02. The first-order valence-electron chi connectivity index (χ1n) is 6.46. The highest BCUT2D eigenvalue weighted by Crippen LogP contribution is 2.14. The molecule has 1 aromatic carbocycles. The number of rotatable bonds is 4. The highest BCUT2D eigenvalue weighted by atomic mass is 32.1. The van der Waals surface area contributed by atoms with Crippen LogP contribution in [0.2, 0.25) is 0 Å². The quantitative estimate of drug-likeness (QED) is 0.774. The van der Waals surface area contributed by atoms with Gasteiger partial charge in [0.15, 0.2) is 0 Å². The van der Waals surface area contributed by atoms with E-state index < -0.39 is 0 Å². The summed E-state index contributed by atoms with van der Waals surface area (Å²) in [5, 5.41) is 3.93. The summed E-state index contributed by atoms with van der Waals surface area (Å²) in [5.74, 6) is 0.668. The molecule has 102 valence electrons. The number of hydrogen-bond donors (Lipinski definition) is 2. The van der Waals surface area contributed by atoms with E-state index in [9.17, 15) is 4.79 Å². The Bertz CT molecular complexity index is 791. The van der Waals surface area contributed by atoms with Crippen LogP contribution in [0, 0.1) is 6.92 Å². The maximum Gasteiger partial charge on any atom is 0.258 e.